The van der Waals surface area contributed by atoms with Crippen LogP contribution in [-0.2, 0) is 0 Å². The largest absolute Gasteiger partial charge is 0.338 e. The molecule has 6 rings (SSSR count). The summed E-state index contributed by atoms with van der Waals surface area (Å²) in [5.74, 6) is 0.0688. The molecular formula is C25H26ClFN8. The van der Waals surface area contributed by atoms with E-state index in [1.54, 1.807) is 12.1 Å². The first-order valence-corrected chi connectivity index (χ1v) is 12.2. The van der Waals surface area contributed by atoms with Crippen molar-refractivity contribution in [3.63, 3.8) is 0 Å². The van der Waals surface area contributed by atoms with Gasteiger partial charge in [-0.1, -0.05) is 11.6 Å². The molecule has 1 atom stereocenters. The Bertz CT molecular complexity index is 1430. The first kappa shape index (κ1) is 22.3. The second-order valence-corrected chi connectivity index (χ2v) is 9.93. The van der Waals surface area contributed by atoms with E-state index in [-0.39, 0.29) is 6.04 Å². The highest BCUT2D eigenvalue weighted by atomic mass is 35.5. The van der Waals surface area contributed by atoms with Crippen LogP contribution < -0.4 is 4.90 Å². The zero-order valence-electron chi connectivity index (χ0n) is 19.9. The fraction of sp³-hybridized carbons (Fsp3) is 0.400. The maximum atomic E-state index is 15.0. The van der Waals surface area contributed by atoms with Crippen molar-refractivity contribution in [2.45, 2.75) is 38.8 Å². The number of nitrogens with zero attached hydrogens (tertiary/aromatic N) is 8. The molecular weight excluding hydrogens is 467 g/mol. The highest BCUT2D eigenvalue weighted by molar-refractivity contribution is 6.30. The maximum Gasteiger partial charge on any atom is 0.228 e. The maximum absolute atomic E-state index is 15.0. The van der Waals surface area contributed by atoms with Crippen LogP contribution in [0.15, 0.2) is 30.6 Å². The van der Waals surface area contributed by atoms with Gasteiger partial charge in [-0.15, -0.1) is 0 Å². The van der Waals surface area contributed by atoms with Crippen LogP contribution in [0.1, 0.15) is 41.9 Å². The van der Waals surface area contributed by atoms with E-state index in [2.05, 4.69) is 42.8 Å². The quantitative estimate of drug-likeness (QED) is 0.414. The van der Waals surface area contributed by atoms with Crippen LogP contribution in [-0.4, -0.2) is 61.3 Å². The topological polar surface area (TPSA) is 75.9 Å². The van der Waals surface area contributed by atoms with Gasteiger partial charge in [0.1, 0.15) is 17.0 Å². The molecule has 1 aromatic carbocycles. The lowest BCUT2D eigenvalue weighted by Crippen LogP contribution is -2.47. The van der Waals surface area contributed by atoms with E-state index in [0.717, 1.165) is 24.5 Å². The van der Waals surface area contributed by atoms with Gasteiger partial charge in [0, 0.05) is 42.0 Å². The Kier molecular flexibility index (Phi) is 5.41. The number of anilines is 1. The molecule has 180 valence electrons. The molecule has 3 aromatic heterocycles. The van der Waals surface area contributed by atoms with Crippen molar-refractivity contribution in [1.82, 2.24) is 34.6 Å². The number of benzene rings is 1. The molecule has 10 heteroatoms. The van der Waals surface area contributed by atoms with Gasteiger partial charge in [-0.25, -0.2) is 19.3 Å². The molecule has 0 radical (unpaired) electrons. The zero-order valence-corrected chi connectivity index (χ0v) is 20.7. The summed E-state index contributed by atoms with van der Waals surface area (Å²) in [4.78, 5) is 23.5. The number of likely N-dealkylation sites (N-methyl/N-ethyl adjacent to an activating group) is 1. The number of halogens is 2. The van der Waals surface area contributed by atoms with Gasteiger partial charge in [0.15, 0.2) is 5.65 Å². The van der Waals surface area contributed by atoms with Crippen molar-refractivity contribution in [3.8, 4) is 11.3 Å². The standard InChI is InChI=1S/C25H26ClFN8/c1-14-15(2)30-24-23(29-14)22(19-7-4-17(26)10-20(19)27)31-25(32-24)34-9-8-33(3)21(13-34)16-11-28-35(12-16)18-5-6-18/h4,7,10-12,18,21H,5-6,8-9,13H2,1-3H3/t21-/m1/s1. The second kappa shape index (κ2) is 8.49. The SMILES string of the molecule is Cc1nc2nc(N3CCN(C)[C@@H](c4cnn(C5CC5)c4)C3)nc(-c3ccc(Cl)cc3F)c2nc1C. The van der Waals surface area contributed by atoms with Gasteiger partial charge in [-0.2, -0.15) is 10.1 Å². The highest BCUT2D eigenvalue weighted by Crippen LogP contribution is 2.36. The van der Waals surface area contributed by atoms with E-state index in [0.29, 0.717) is 46.0 Å². The number of hydrogen-bond donors (Lipinski definition) is 0. The summed E-state index contributed by atoms with van der Waals surface area (Å²) < 4.78 is 17.1. The summed E-state index contributed by atoms with van der Waals surface area (Å²) in [5.41, 5.74) is 4.42. The number of aryl methyl sites for hydroxylation is 2. The lowest BCUT2D eigenvalue weighted by atomic mass is 10.1. The monoisotopic (exact) mass is 492 g/mol. The number of rotatable bonds is 4. The minimum absolute atomic E-state index is 0.150. The fourth-order valence-corrected chi connectivity index (χ4v) is 4.75. The number of fused-ring (bicyclic) bond motifs is 1. The van der Waals surface area contributed by atoms with Gasteiger partial charge in [-0.05, 0) is 51.9 Å². The van der Waals surface area contributed by atoms with Gasteiger partial charge in [-0.3, -0.25) is 9.58 Å². The molecule has 4 aromatic rings. The molecule has 2 aliphatic rings. The highest BCUT2D eigenvalue weighted by Gasteiger charge is 2.31. The van der Waals surface area contributed by atoms with Gasteiger partial charge < -0.3 is 4.90 Å². The predicted octanol–water partition coefficient (Wildman–Crippen LogP) is 4.52. The Balaban J connectivity index is 1.42. The molecule has 0 N–H and O–H groups in total. The van der Waals surface area contributed by atoms with Crippen LogP contribution in [0.5, 0.6) is 0 Å². The van der Waals surface area contributed by atoms with Gasteiger partial charge in [0.05, 0.1) is 29.7 Å². The molecule has 1 saturated heterocycles. The summed E-state index contributed by atoms with van der Waals surface area (Å²) >= 11 is 6.01. The third kappa shape index (κ3) is 4.12. The van der Waals surface area contributed by atoms with Crippen LogP contribution >= 0.6 is 11.6 Å². The summed E-state index contributed by atoms with van der Waals surface area (Å²) in [6.45, 7) is 6.05. The normalized spacial score (nSPS) is 19.0. The summed E-state index contributed by atoms with van der Waals surface area (Å²) in [7, 11) is 2.13. The molecule has 4 heterocycles. The van der Waals surface area contributed by atoms with Crippen molar-refractivity contribution in [2.75, 3.05) is 31.6 Å². The smallest absolute Gasteiger partial charge is 0.228 e. The third-order valence-corrected chi connectivity index (χ3v) is 7.21. The summed E-state index contributed by atoms with van der Waals surface area (Å²) in [6.07, 6.45) is 6.53. The molecule has 35 heavy (non-hydrogen) atoms. The van der Waals surface area contributed by atoms with Crippen molar-refractivity contribution >= 4 is 28.7 Å². The Morgan fingerprint density at radius 1 is 1.03 bits per heavy atom. The summed E-state index contributed by atoms with van der Waals surface area (Å²) in [6, 6.07) is 5.28. The van der Waals surface area contributed by atoms with Gasteiger partial charge in [0.25, 0.3) is 0 Å². The molecule has 1 aliphatic heterocycles. The van der Waals surface area contributed by atoms with E-state index in [4.69, 9.17) is 21.6 Å². The first-order valence-electron chi connectivity index (χ1n) is 11.8. The number of aromatic nitrogens is 6. The lowest BCUT2D eigenvalue weighted by Gasteiger charge is -2.39. The molecule has 1 aliphatic carbocycles. The van der Waals surface area contributed by atoms with E-state index in [9.17, 15) is 0 Å². The average molecular weight is 493 g/mol. The van der Waals surface area contributed by atoms with Crippen molar-refractivity contribution in [2.24, 2.45) is 0 Å². The zero-order chi connectivity index (χ0) is 24.3. The minimum Gasteiger partial charge on any atom is -0.338 e. The minimum atomic E-state index is -0.452. The van der Waals surface area contributed by atoms with E-state index >= 15 is 4.39 Å². The molecule has 0 unspecified atom stereocenters. The third-order valence-electron chi connectivity index (χ3n) is 6.97. The molecule has 1 saturated carbocycles. The van der Waals surface area contributed by atoms with Crippen LogP contribution in [0.2, 0.25) is 5.02 Å². The Labute approximate surface area is 207 Å². The fourth-order valence-electron chi connectivity index (χ4n) is 4.59. The predicted molar refractivity (Wildman–Crippen MR) is 133 cm³/mol. The molecule has 0 bridgehead atoms. The molecule has 0 amide bonds. The van der Waals surface area contributed by atoms with Crippen molar-refractivity contribution < 1.29 is 4.39 Å². The molecule has 8 nitrogen and oxygen atoms in total. The molecule has 0 spiro atoms. The van der Waals surface area contributed by atoms with Crippen molar-refractivity contribution in [3.05, 3.63) is 58.4 Å². The van der Waals surface area contributed by atoms with Crippen LogP contribution in [0.4, 0.5) is 10.3 Å². The Morgan fingerprint density at radius 3 is 2.60 bits per heavy atom. The lowest BCUT2D eigenvalue weighted by molar-refractivity contribution is 0.220. The first-order chi connectivity index (χ1) is 16.9. The molecule has 2 fully saturated rings. The number of hydrogen-bond acceptors (Lipinski definition) is 7. The summed E-state index contributed by atoms with van der Waals surface area (Å²) in [5, 5.41) is 4.91. The van der Waals surface area contributed by atoms with E-state index in [1.807, 2.05) is 20.0 Å². The van der Waals surface area contributed by atoms with Crippen LogP contribution in [0, 0.1) is 19.7 Å². The Hall–Kier alpha value is -3.17. The Morgan fingerprint density at radius 2 is 1.83 bits per heavy atom. The average Bonchev–Trinajstić information content (AvgIpc) is 3.57. The second-order valence-electron chi connectivity index (χ2n) is 9.49. The van der Waals surface area contributed by atoms with Crippen molar-refractivity contribution in [1.29, 1.82) is 0 Å². The van der Waals surface area contributed by atoms with Crippen LogP contribution in [0.25, 0.3) is 22.4 Å². The number of piperazine rings is 1. The van der Waals surface area contributed by atoms with E-state index in [1.165, 1.54) is 24.5 Å². The van der Waals surface area contributed by atoms with Gasteiger partial charge >= 0.3 is 0 Å². The van der Waals surface area contributed by atoms with Crippen LogP contribution in [0.3, 0.4) is 0 Å². The van der Waals surface area contributed by atoms with Gasteiger partial charge in [0.2, 0.25) is 5.95 Å². The van der Waals surface area contributed by atoms with E-state index < -0.39 is 5.82 Å².